The molecule has 1 amide bonds. The predicted molar refractivity (Wildman–Crippen MR) is 71.6 cm³/mol. The average molecular weight is 257 g/mol. The zero-order valence-corrected chi connectivity index (χ0v) is 10.7. The number of hydrogen-bond donors (Lipinski definition) is 2. The summed E-state index contributed by atoms with van der Waals surface area (Å²) in [5, 5.41) is 9.90. The molecule has 0 fully saturated rings. The number of benzene rings is 1. The first-order chi connectivity index (χ1) is 9.29. The van der Waals surface area contributed by atoms with Crippen molar-refractivity contribution in [2.45, 2.75) is 19.3 Å². The average Bonchev–Trinajstić information content (AvgIpc) is 3.01. The highest BCUT2D eigenvalue weighted by Crippen LogP contribution is 2.26. The van der Waals surface area contributed by atoms with Crippen molar-refractivity contribution in [1.82, 2.24) is 10.2 Å². The van der Waals surface area contributed by atoms with Crippen molar-refractivity contribution in [1.29, 1.82) is 0 Å². The number of carbonyl (C=O) groups is 1. The van der Waals surface area contributed by atoms with Crippen molar-refractivity contribution < 1.29 is 9.53 Å². The summed E-state index contributed by atoms with van der Waals surface area (Å²) in [4.78, 5) is 12.3. The minimum absolute atomic E-state index is 0.191. The molecule has 0 unspecified atom stereocenters. The molecular weight excluding hydrogens is 242 g/mol. The Bertz CT molecular complexity index is 619. The number of anilines is 1. The van der Waals surface area contributed by atoms with Crippen LogP contribution in [0.4, 0.5) is 5.69 Å². The van der Waals surface area contributed by atoms with E-state index in [1.807, 2.05) is 24.3 Å². The first-order valence-electron chi connectivity index (χ1n) is 6.30. The van der Waals surface area contributed by atoms with Crippen LogP contribution in [-0.4, -0.2) is 23.2 Å². The zero-order valence-electron chi connectivity index (χ0n) is 10.7. The van der Waals surface area contributed by atoms with Gasteiger partial charge in [0.05, 0.1) is 12.8 Å². The third-order valence-electron chi connectivity index (χ3n) is 3.38. The van der Waals surface area contributed by atoms with E-state index in [4.69, 9.17) is 4.74 Å². The van der Waals surface area contributed by atoms with E-state index in [2.05, 4.69) is 15.5 Å². The molecule has 1 aromatic carbocycles. The topological polar surface area (TPSA) is 67.0 Å². The number of para-hydroxylation sites is 2. The molecule has 2 aromatic rings. The minimum atomic E-state index is -0.191. The second kappa shape index (κ2) is 4.76. The molecule has 3 rings (SSSR count). The van der Waals surface area contributed by atoms with Crippen LogP contribution in [0.15, 0.2) is 24.3 Å². The Labute approximate surface area is 111 Å². The number of carbonyl (C=O) groups excluding carboxylic acids is 1. The summed E-state index contributed by atoms with van der Waals surface area (Å²) < 4.78 is 5.21. The Hall–Kier alpha value is -2.30. The Kier molecular flexibility index (Phi) is 2.95. The van der Waals surface area contributed by atoms with E-state index in [1.165, 1.54) is 0 Å². The molecule has 0 saturated heterocycles. The molecule has 98 valence electrons. The molecular formula is C14H15N3O2. The Morgan fingerprint density at radius 2 is 2.21 bits per heavy atom. The lowest BCUT2D eigenvalue weighted by molar-refractivity contribution is 0.102. The van der Waals surface area contributed by atoms with Crippen molar-refractivity contribution in [3.05, 3.63) is 41.2 Å². The number of aromatic amines is 1. The van der Waals surface area contributed by atoms with Crippen molar-refractivity contribution in [3.8, 4) is 5.75 Å². The van der Waals surface area contributed by atoms with E-state index in [1.54, 1.807) is 7.11 Å². The van der Waals surface area contributed by atoms with Crippen LogP contribution in [0.1, 0.15) is 28.2 Å². The Morgan fingerprint density at radius 1 is 1.37 bits per heavy atom. The summed E-state index contributed by atoms with van der Waals surface area (Å²) >= 11 is 0. The largest absolute Gasteiger partial charge is 0.495 e. The summed E-state index contributed by atoms with van der Waals surface area (Å²) in [5.74, 6) is 0.451. The highest BCUT2D eigenvalue weighted by Gasteiger charge is 2.23. The zero-order chi connectivity index (χ0) is 13.2. The molecule has 1 aromatic heterocycles. The third-order valence-corrected chi connectivity index (χ3v) is 3.38. The predicted octanol–water partition coefficient (Wildman–Crippen LogP) is 2.16. The second-order valence-electron chi connectivity index (χ2n) is 4.54. The Balaban J connectivity index is 1.85. The van der Waals surface area contributed by atoms with Crippen molar-refractivity contribution in [2.24, 2.45) is 0 Å². The van der Waals surface area contributed by atoms with Crippen LogP contribution in [0, 0.1) is 0 Å². The van der Waals surface area contributed by atoms with E-state index in [-0.39, 0.29) is 5.91 Å². The maximum Gasteiger partial charge on any atom is 0.276 e. The van der Waals surface area contributed by atoms with Gasteiger partial charge in [0.1, 0.15) is 5.75 Å². The van der Waals surface area contributed by atoms with Gasteiger partial charge in [-0.05, 0) is 31.4 Å². The van der Waals surface area contributed by atoms with Crippen LogP contribution in [0.5, 0.6) is 5.75 Å². The maximum atomic E-state index is 12.3. The summed E-state index contributed by atoms with van der Waals surface area (Å²) in [5.41, 5.74) is 3.29. The standard InChI is InChI=1S/C14H15N3O2/c1-19-12-8-3-2-6-11(12)15-14(18)13-9-5-4-7-10(9)16-17-13/h2-3,6,8H,4-5,7H2,1H3,(H,15,18)(H,16,17). The van der Waals surface area contributed by atoms with Crippen LogP contribution in [0.3, 0.4) is 0 Å². The van der Waals surface area contributed by atoms with Crippen LogP contribution < -0.4 is 10.1 Å². The third kappa shape index (κ3) is 2.07. The van der Waals surface area contributed by atoms with Crippen LogP contribution >= 0.6 is 0 Å². The number of nitrogens with one attached hydrogen (secondary N) is 2. The number of fused-ring (bicyclic) bond motifs is 1. The van der Waals surface area contributed by atoms with Crippen LogP contribution in [0.2, 0.25) is 0 Å². The van der Waals surface area contributed by atoms with Crippen molar-refractivity contribution >= 4 is 11.6 Å². The second-order valence-corrected chi connectivity index (χ2v) is 4.54. The smallest absolute Gasteiger partial charge is 0.276 e. The van der Waals surface area contributed by atoms with E-state index in [0.29, 0.717) is 17.1 Å². The quantitative estimate of drug-likeness (QED) is 0.885. The molecule has 5 heteroatoms. The molecule has 19 heavy (non-hydrogen) atoms. The molecule has 2 N–H and O–H groups in total. The first-order valence-corrected chi connectivity index (χ1v) is 6.30. The normalized spacial score (nSPS) is 13.1. The van der Waals surface area contributed by atoms with Crippen molar-refractivity contribution in [2.75, 3.05) is 12.4 Å². The first kappa shape index (κ1) is 11.8. The highest BCUT2D eigenvalue weighted by molar-refractivity contribution is 6.04. The number of hydrogen-bond acceptors (Lipinski definition) is 3. The van der Waals surface area contributed by atoms with Crippen molar-refractivity contribution in [3.63, 3.8) is 0 Å². The van der Waals surface area contributed by atoms with E-state index >= 15 is 0 Å². The van der Waals surface area contributed by atoms with E-state index in [0.717, 1.165) is 30.5 Å². The van der Waals surface area contributed by atoms with Gasteiger partial charge in [0, 0.05) is 11.3 Å². The fourth-order valence-electron chi connectivity index (χ4n) is 2.44. The van der Waals surface area contributed by atoms with Crippen LogP contribution in [0.25, 0.3) is 0 Å². The summed E-state index contributed by atoms with van der Waals surface area (Å²) in [6.07, 6.45) is 2.98. The summed E-state index contributed by atoms with van der Waals surface area (Å²) in [6, 6.07) is 7.34. The molecule has 1 aliphatic carbocycles. The van der Waals surface area contributed by atoms with Gasteiger partial charge in [0.15, 0.2) is 5.69 Å². The number of H-pyrrole nitrogens is 1. The van der Waals surface area contributed by atoms with Gasteiger partial charge in [-0.3, -0.25) is 9.89 Å². The lowest BCUT2D eigenvalue weighted by atomic mass is 10.2. The molecule has 0 aliphatic heterocycles. The monoisotopic (exact) mass is 257 g/mol. The number of methoxy groups -OCH3 is 1. The molecule has 0 radical (unpaired) electrons. The fraction of sp³-hybridized carbons (Fsp3) is 0.286. The number of amides is 1. The van der Waals surface area contributed by atoms with Gasteiger partial charge in [0.2, 0.25) is 0 Å². The molecule has 0 spiro atoms. The molecule has 0 saturated carbocycles. The fourth-order valence-corrected chi connectivity index (χ4v) is 2.44. The van der Waals surface area contributed by atoms with Gasteiger partial charge in [-0.15, -0.1) is 0 Å². The van der Waals surface area contributed by atoms with E-state index in [9.17, 15) is 4.79 Å². The number of aryl methyl sites for hydroxylation is 1. The lowest BCUT2D eigenvalue weighted by Crippen LogP contribution is -2.14. The van der Waals surface area contributed by atoms with Gasteiger partial charge in [0.25, 0.3) is 5.91 Å². The summed E-state index contributed by atoms with van der Waals surface area (Å²) in [7, 11) is 1.58. The Morgan fingerprint density at radius 3 is 3.05 bits per heavy atom. The minimum Gasteiger partial charge on any atom is -0.495 e. The SMILES string of the molecule is COc1ccccc1NC(=O)c1n[nH]c2c1CCC2. The van der Waals surface area contributed by atoms with Gasteiger partial charge in [-0.25, -0.2) is 0 Å². The van der Waals surface area contributed by atoms with E-state index < -0.39 is 0 Å². The number of ether oxygens (including phenoxy) is 1. The van der Waals surface area contributed by atoms with Crippen LogP contribution in [-0.2, 0) is 12.8 Å². The number of rotatable bonds is 3. The number of aromatic nitrogens is 2. The molecule has 5 nitrogen and oxygen atoms in total. The van der Waals surface area contributed by atoms with Gasteiger partial charge in [-0.1, -0.05) is 12.1 Å². The van der Waals surface area contributed by atoms with Gasteiger partial charge in [-0.2, -0.15) is 5.10 Å². The van der Waals surface area contributed by atoms with Gasteiger partial charge >= 0.3 is 0 Å². The lowest BCUT2D eigenvalue weighted by Gasteiger charge is -2.09. The highest BCUT2D eigenvalue weighted by atomic mass is 16.5. The number of nitrogens with zero attached hydrogens (tertiary/aromatic N) is 1. The summed E-state index contributed by atoms with van der Waals surface area (Å²) in [6.45, 7) is 0. The van der Waals surface area contributed by atoms with Gasteiger partial charge < -0.3 is 10.1 Å². The maximum absolute atomic E-state index is 12.3. The molecule has 1 aliphatic rings. The molecule has 0 bridgehead atoms. The molecule has 1 heterocycles. The molecule has 0 atom stereocenters.